The first-order chi connectivity index (χ1) is 9.34. The summed E-state index contributed by atoms with van der Waals surface area (Å²) >= 11 is 0. The molecule has 1 aromatic rings. The minimum absolute atomic E-state index is 0. The zero-order chi connectivity index (χ0) is 15.2. The predicted molar refractivity (Wildman–Crippen MR) is 82.5 cm³/mol. The van der Waals surface area contributed by atoms with E-state index in [0.29, 0.717) is 0 Å². The summed E-state index contributed by atoms with van der Waals surface area (Å²) in [5.74, 6) is -0.261. The van der Waals surface area contributed by atoms with Crippen LogP contribution in [0, 0.1) is 5.92 Å². The summed E-state index contributed by atoms with van der Waals surface area (Å²) in [7, 11) is -3.59. The van der Waals surface area contributed by atoms with Crippen molar-refractivity contribution in [3.05, 3.63) is 24.5 Å². The van der Waals surface area contributed by atoms with Gasteiger partial charge in [0.1, 0.15) is 4.90 Å². The molecule has 1 amide bonds. The highest BCUT2D eigenvalue weighted by Gasteiger charge is 2.17. The number of hydrogen-bond donors (Lipinski definition) is 3. The monoisotopic (exact) mass is 336 g/mol. The first kappa shape index (κ1) is 19.8. The van der Waals surface area contributed by atoms with E-state index in [9.17, 15) is 13.2 Å². The smallest absolute Gasteiger partial charge is 0.242 e. The van der Waals surface area contributed by atoms with E-state index in [1.54, 1.807) is 0 Å². The number of pyridine rings is 1. The highest BCUT2D eigenvalue weighted by molar-refractivity contribution is 7.89. The van der Waals surface area contributed by atoms with Crippen molar-refractivity contribution in [1.82, 2.24) is 15.0 Å². The van der Waals surface area contributed by atoms with E-state index in [4.69, 9.17) is 5.73 Å². The predicted octanol–water partition coefficient (Wildman–Crippen LogP) is -0.119. The molecule has 0 bridgehead atoms. The Labute approximate surface area is 131 Å². The average Bonchev–Trinajstić information content (AvgIpc) is 2.43. The maximum atomic E-state index is 11.8. The Kier molecular flexibility index (Phi) is 8.41. The first-order valence-electron chi connectivity index (χ1n) is 6.27. The second-order valence-corrected chi connectivity index (χ2v) is 6.41. The van der Waals surface area contributed by atoms with E-state index >= 15 is 0 Å². The molecule has 9 heteroatoms. The highest BCUT2D eigenvalue weighted by Crippen LogP contribution is 2.04. The number of carbonyl (C=O) groups excluding carboxylic acids is 1. The summed E-state index contributed by atoms with van der Waals surface area (Å²) in [5, 5.41) is 2.58. The molecule has 0 fully saturated rings. The van der Waals surface area contributed by atoms with Gasteiger partial charge in [0.2, 0.25) is 15.9 Å². The number of nitrogens with two attached hydrogens (primary N) is 1. The number of sulfonamides is 1. The summed E-state index contributed by atoms with van der Waals surface area (Å²) in [5.41, 5.74) is 5.66. The molecule has 1 aromatic heterocycles. The number of hydrogen-bond acceptors (Lipinski definition) is 5. The van der Waals surface area contributed by atoms with Crippen LogP contribution in [0.5, 0.6) is 0 Å². The van der Waals surface area contributed by atoms with E-state index in [0.717, 1.165) is 0 Å². The van der Waals surface area contributed by atoms with Gasteiger partial charge in [-0.2, -0.15) is 0 Å². The van der Waals surface area contributed by atoms with Crippen molar-refractivity contribution in [2.75, 3.05) is 13.1 Å². The third kappa shape index (κ3) is 6.38. The lowest BCUT2D eigenvalue weighted by molar-refractivity contribution is -0.123. The molecule has 1 atom stereocenters. The lowest BCUT2D eigenvalue weighted by Crippen LogP contribution is -2.46. The third-order valence-corrected chi connectivity index (χ3v) is 4.13. The summed E-state index contributed by atoms with van der Waals surface area (Å²) in [6.45, 7) is 3.96. The molecule has 4 N–H and O–H groups in total. The topological polar surface area (TPSA) is 114 Å². The zero-order valence-corrected chi connectivity index (χ0v) is 13.6. The maximum absolute atomic E-state index is 11.8. The summed E-state index contributed by atoms with van der Waals surface area (Å²) in [6, 6.07) is 2.39. The normalized spacial score (nSPS) is 12.6. The van der Waals surface area contributed by atoms with Crippen LogP contribution < -0.4 is 15.8 Å². The Morgan fingerprint density at radius 3 is 2.57 bits per heavy atom. The summed E-state index contributed by atoms with van der Waals surface area (Å²) in [4.78, 5) is 15.4. The standard InChI is InChI=1S/C12H20N4O3S.ClH/c1-9(2)11(13)12(17)15-6-7-16-20(18,19)10-4-3-5-14-8-10;/h3-5,8-9,11,16H,6-7,13H2,1-2H3,(H,15,17);1H/t11-;/m0./s1. The molecule has 1 rings (SSSR count). The zero-order valence-electron chi connectivity index (χ0n) is 11.9. The molecule has 120 valence electrons. The number of rotatable bonds is 7. The third-order valence-electron chi connectivity index (χ3n) is 2.68. The number of nitrogens with one attached hydrogen (secondary N) is 2. The van der Waals surface area contributed by atoms with Gasteiger partial charge >= 0.3 is 0 Å². The van der Waals surface area contributed by atoms with Crippen molar-refractivity contribution in [2.24, 2.45) is 11.7 Å². The first-order valence-corrected chi connectivity index (χ1v) is 7.76. The van der Waals surface area contributed by atoms with Gasteiger partial charge in [0, 0.05) is 25.5 Å². The largest absolute Gasteiger partial charge is 0.353 e. The van der Waals surface area contributed by atoms with Crippen LogP contribution in [-0.4, -0.2) is 38.4 Å². The van der Waals surface area contributed by atoms with Crippen molar-refractivity contribution in [1.29, 1.82) is 0 Å². The van der Waals surface area contributed by atoms with Gasteiger partial charge in [-0.15, -0.1) is 12.4 Å². The molecule has 0 aliphatic rings. The van der Waals surface area contributed by atoms with Gasteiger partial charge in [-0.25, -0.2) is 13.1 Å². The Morgan fingerprint density at radius 2 is 2.05 bits per heavy atom. The number of carbonyl (C=O) groups is 1. The lowest BCUT2D eigenvalue weighted by Gasteiger charge is -2.15. The Bertz CT molecular complexity index is 537. The van der Waals surface area contributed by atoms with Crippen LogP contribution in [0.4, 0.5) is 0 Å². The quantitative estimate of drug-likeness (QED) is 0.601. The van der Waals surface area contributed by atoms with Gasteiger partial charge in [0.05, 0.1) is 6.04 Å². The second kappa shape index (κ2) is 8.93. The maximum Gasteiger partial charge on any atom is 0.242 e. The molecule has 0 aromatic carbocycles. The summed E-state index contributed by atoms with van der Waals surface area (Å²) < 4.78 is 26.0. The molecule has 0 radical (unpaired) electrons. The fourth-order valence-electron chi connectivity index (χ4n) is 1.38. The minimum Gasteiger partial charge on any atom is -0.353 e. The van der Waals surface area contributed by atoms with Gasteiger partial charge in [-0.05, 0) is 18.1 Å². The Morgan fingerprint density at radius 1 is 1.38 bits per heavy atom. The molecule has 7 nitrogen and oxygen atoms in total. The molecule has 0 saturated carbocycles. The van der Waals surface area contributed by atoms with Crippen molar-refractivity contribution in [2.45, 2.75) is 24.8 Å². The van der Waals surface area contributed by atoms with Gasteiger partial charge in [-0.3, -0.25) is 9.78 Å². The van der Waals surface area contributed by atoms with Crippen molar-refractivity contribution in [3.8, 4) is 0 Å². The van der Waals surface area contributed by atoms with E-state index in [-0.39, 0.29) is 42.2 Å². The van der Waals surface area contributed by atoms with Crippen LogP contribution in [0.25, 0.3) is 0 Å². The molecular formula is C12H21ClN4O3S. The SMILES string of the molecule is CC(C)[C@H](N)C(=O)NCCNS(=O)(=O)c1cccnc1.Cl. The number of aromatic nitrogens is 1. The van der Waals surface area contributed by atoms with Crippen molar-refractivity contribution >= 4 is 28.3 Å². The summed E-state index contributed by atoms with van der Waals surface area (Å²) in [6.07, 6.45) is 2.75. The fourth-order valence-corrected chi connectivity index (χ4v) is 2.38. The van der Waals surface area contributed by atoms with E-state index in [2.05, 4.69) is 15.0 Å². The van der Waals surface area contributed by atoms with Crippen LogP contribution in [-0.2, 0) is 14.8 Å². The van der Waals surface area contributed by atoms with E-state index < -0.39 is 16.1 Å². The molecular weight excluding hydrogens is 316 g/mol. The fraction of sp³-hybridized carbons (Fsp3) is 0.500. The number of nitrogens with zero attached hydrogens (tertiary/aromatic N) is 1. The highest BCUT2D eigenvalue weighted by atomic mass is 35.5. The molecule has 0 unspecified atom stereocenters. The Balaban J connectivity index is 0.00000400. The average molecular weight is 337 g/mol. The lowest BCUT2D eigenvalue weighted by atomic mass is 10.1. The number of amides is 1. The van der Waals surface area contributed by atoms with E-state index in [1.165, 1.54) is 24.5 Å². The molecule has 0 aliphatic carbocycles. The van der Waals surface area contributed by atoms with Gasteiger partial charge < -0.3 is 11.1 Å². The minimum atomic E-state index is -3.59. The molecule has 0 aliphatic heterocycles. The number of halogens is 1. The van der Waals surface area contributed by atoms with Crippen LogP contribution in [0.1, 0.15) is 13.8 Å². The van der Waals surface area contributed by atoms with E-state index in [1.807, 2.05) is 13.8 Å². The van der Waals surface area contributed by atoms with Gasteiger partial charge in [0.15, 0.2) is 0 Å². The Hall–Kier alpha value is -1.22. The van der Waals surface area contributed by atoms with Crippen molar-refractivity contribution in [3.63, 3.8) is 0 Å². The van der Waals surface area contributed by atoms with Crippen LogP contribution in [0.15, 0.2) is 29.4 Å². The van der Waals surface area contributed by atoms with Gasteiger partial charge in [0.25, 0.3) is 0 Å². The van der Waals surface area contributed by atoms with Crippen LogP contribution in [0.3, 0.4) is 0 Å². The molecule has 0 spiro atoms. The van der Waals surface area contributed by atoms with Crippen molar-refractivity contribution < 1.29 is 13.2 Å². The van der Waals surface area contributed by atoms with Crippen LogP contribution >= 0.6 is 12.4 Å². The van der Waals surface area contributed by atoms with Crippen LogP contribution in [0.2, 0.25) is 0 Å². The molecule has 0 saturated heterocycles. The second-order valence-electron chi connectivity index (χ2n) is 4.65. The van der Waals surface area contributed by atoms with Gasteiger partial charge in [-0.1, -0.05) is 13.8 Å². The molecule has 1 heterocycles. The molecule has 21 heavy (non-hydrogen) atoms.